The lowest BCUT2D eigenvalue weighted by Gasteiger charge is -2.09. The number of hydrogen-bond donors (Lipinski definition) is 2. The zero-order valence-corrected chi connectivity index (χ0v) is 7.86. The molecule has 1 N–H and O–H groups in total. The van der Waals surface area contributed by atoms with Gasteiger partial charge in [-0.15, -0.1) is 0 Å². The molecule has 66 valence electrons. The fraction of sp³-hybridized carbons (Fsp3) is 0.857. The summed E-state index contributed by atoms with van der Waals surface area (Å²) < 4.78 is 4.94. The Balaban J connectivity index is 3.30. The van der Waals surface area contributed by atoms with Gasteiger partial charge in [0, 0.05) is 20.1 Å². The molecule has 0 heterocycles. The number of amides is 1. The van der Waals surface area contributed by atoms with Gasteiger partial charge >= 0.3 is 0 Å². The molecule has 0 aliphatic carbocycles. The van der Waals surface area contributed by atoms with Crippen LogP contribution in [0.5, 0.6) is 0 Å². The van der Waals surface area contributed by atoms with E-state index in [1.165, 1.54) is 0 Å². The molecule has 0 saturated heterocycles. The van der Waals surface area contributed by atoms with Gasteiger partial charge in [0.1, 0.15) is 0 Å². The first kappa shape index (κ1) is 10.8. The van der Waals surface area contributed by atoms with Gasteiger partial charge in [0.05, 0.1) is 6.10 Å². The molecule has 0 fully saturated rings. The van der Waals surface area contributed by atoms with E-state index in [9.17, 15) is 4.79 Å². The third-order valence-corrected chi connectivity index (χ3v) is 1.55. The van der Waals surface area contributed by atoms with Crippen LogP contribution in [0.1, 0.15) is 13.3 Å². The largest absolute Gasteiger partial charge is 0.380 e. The van der Waals surface area contributed by atoms with E-state index in [2.05, 4.69) is 17.9 Å². The summed E-state index contributed by atoms with van der Waals surface area (Å²) in [6, 6.07) is 0. The molecule has 0 radical (unpaired) electrons. The second kappa shape index (κ2) is 6.49. The van der Waals surface area contributed by atoms with Gasteiger partial charge in [-0.2, -0.15) is 12.6 Å². The number of hydrogen-bond acceptors (Lipinski definition) is 3. The molecular formula is C7H15NO2S. The maximum atomic E-state index is 10.8. The lowest BCUT2D eigenvalue weighted by molar-refractivity contribution is -0.121. The fourth-order valence-corrected chi connectivity index (χ4v) is 0.734. The number of thiol groups is 1. The van der Waals surface area contributed by atoms with Gasteiger partial charge in [-0.1, -0.05) is 0 Å². The van der Waals surface area contributed by atoms with Gasteiger partial charge in [-0.05, 0) is 12.7 Å². The molecule has 0 rings (SSSR count). The number of rotatable bonds is 5. The molecular weight excluding hydrogens is 162 g/mol. The van der Waals surface area contributed by atoms with Crippen molar-refractivity contribution < 1.29 is 9.53 Å². The highest BCUT2D eigenvalue weighted by atomic mass is 32.1. The van der Waals surface area contributed by atoms with E-state index in [0.717, 1.165) is 0 Å². The van der Waals surface area contributed by atoms with E-state index in [0.29, 0.717) is 18.7 Å². The molecule has 0 aromatic heterocycles. The summed E-state index contributed by atoms with van der Waals surface area (Å²) in [5.74, 6) is 0.622. The second-order valence-corrected chi connectivity index (χ2v) is 2.77. The maximum Gasteiger partial charge on any atom is 0.220 e. The molecule has 0 aliphatic rings. The van der Waals surface area contributed by atoms with Crippen LogP contribution >= 0.6 is 12.6 Å². The van der Waals surface area contributed by atoms with Crippen LogP contribution < -0.4 is 5.32 Å². The Hall–Kier alpha value is -0.220. The smallest absolute Gasteiger partial charge is 0.220 e. The van der Waals surface area contributed by atoms with Crippen molar-refractivity contribution >= 4 is 18.5 Å². The van der Waals surface area contributed by atoms with E-state index in [1.54, 1.807) is 7.11 Å². The second-order valence-electron chi connectivity index (χ2n) is 2.32. The number of carbonyl (C=O) groups excluding carboxylic acids is 1. The molecule has 11 heavy (non-hydrogen) atoms. The van der Waals surface area contributed by atoms with Gasteiger partial charge in [0.15, 0.2) is 0 Å². The predicted molar refractivity (Wildman–Crippen MR) is 48.0 cm³/mol. The van der Waals surface area contributed by atoms with E-state index in [1.807, 2.05) is 6.92 Å². The quantitative estimate of drug-likeness (QED) is 0.599. The first-order valence-corrected chi connectivity index (χ1v) is 4.24. The highest BCUT2D eigenvalue weighted by Crippen LogP contribution is 1.86. The molecule has 0 spiro atoms. The van der Waals surface area contributed by atoms with Gasteiger partial charge in [-0.3, -0.25) is 4.79 Å². The lowest BCUT2D eigenvalue weighted by atomic mass is 10.4. The minimum atomic E-state index is 0.0314. The molecule has 3 nitrogen and oxygen atoms in total. The predicted octanol–water partition coefficient (Wildman–Crippen LogP) is 0.457. The zero-order chi connectivity index (χ0) is 8.69. The third-order valence-electron chi connectivity index (χ3n) is 1.33. The van der Waals surface area contributed by atoms with E-state index < -0.39 is 0 Å². The fourth-order valence-electron chi connectivity index (χ4n) is 0.531. The number of ether oxygens (including phenoxy) is 1. The minimum Gasteiger partial charge on any atom is -0.380 e. The van der Waals surface area contributed by atoms with Crippen molar-refractivity contribution in [3.63, 3.8) is 0 Å². The molecule has 1 amide bonds. The van der Waals surface area contributed by atoms with Gasteiger partial charge in [-0.25, -0.2) is 0 Å². The van der Waals surface area contributed by atoms with Crippen LogP contribution in [0.4, 0.5) is 0 Å². The van der Waals surface area contributed by atoms with Crippen LogP contribution in [-0.2, 0) is 9.53 Å². The summed E-state index contributed by atoms with van der Waals surface area (Å²) in [7, 11) is 1.62. The summed E-state index contributed by atoms with van der Waals surface area (Å²) in [6.07, 6.45) is 0.554. The standard InChI is InChI=1S/C7H15NO2S/c1-6(10-2)5-8-7(9)3-4-11/h6,11H,3-5H2,1-2H3,(H,8,9). The monoisotopic (exact) mass is 177 g/mol. The van der Waals surface area contributed by atoms with Crippen molar-refractivity contribution in [3.05, 3.63) is 0 Å². The van der Waals surface area contributed by atoms with E-state index in [-0.39, 0.29) is 12.0 Å². The summed E-state index contributed by atoms with van der Waals surface area (Å²) in [6.45, 7) is 2.48. The summed E-state index contributed by atoms with van der Waals surface area (Å²) in [4.78, 5) is 10.8. The van der Waals surface area contributed by atoms with E-state index in [4.69, 9.17) is 4.74 Å². The third kappa shape index (κ3) is 6.19. The van der Waals surface area contributed by atoms with Crippen molar-refractivity contribution in [2.75, 3.05) is 19.4 Å². The van der Waals surface area contributed by atoms with Gasteiger partial charge < -0.3 is 10.1 Å². The topological polar surface area (TPSA) is 38.3 Å². The van der Waals surface area contributed by atoms with Crippen molar-refractivity contribution in [2.45, 2.75) is 19.4 Å². The molecule has 0 bridgehead atoms. The normalized spacial score (nSPS) is 12.6. The highest BCUT2D eigenvalue weighted by Gasteiger charge is 2.02. The van der Waals surface area contributed by atoms with Crippen molar-refractivity contribution in [3.8, 4) is 0 Å². The Bertz CT molecular complexity index is 119. The summed E-state index contributed by atoms with van der Waals surface area (Å²) in [5, 5.41) is 2.72. The highest BCUT2D eigenvalue weighted by molar-refractivity contribution is 7.80. The average Bonchev–Trinajstić information content (AvgIpc) is 2.01. The Morgan fingerprint density at radius 1 is 1.73 bits per heavy atom. The van der Waals surface area contributed by atoms with Crippen LogP contribution in [-0.4, -0.2) is 31.4 Å². The molecule has 4 heteroatoms. The summed E-state index contributed by atoms with van der Waals surface area (Å²) in [5.41, 5.74) is 0. The molecule has 0 saturated carbocycles. The lowest BCUT2D eigenvalue weighted by Crippen LogP contribution is -2.31. The molecule has 1 unspecified atom stereocenters. The van der Waals surface area contributed by atoms with Crippen molar-refractivity contribution in [2.24, 2.45) is 0 Å². The average molecular weight is 177 g/mol. The number of methoxy groups -OCH3 is 1. The molecule has 1 atom stereocenters. The first-order chi connectivity index (χ1) is 5.20. The van der Waals surface area contributed by atoms with Gasteiger partial charge in [0.25, 0.3) is 0 Å². The molecule has 0 aliphatic heterocycles. The van der Waals surface area contributed by atoms with Gasteiger partial charge in [0.2, 0.25) is 5.91 Å². The van der Waals surface area contributed by atoms with E-state index >= 15 is 0 Å². The Labute approximate surface area is 72.9 Å². The van der Waals surface area contributed by atoms with Crippen molar-refractivity contribution in [1.29, 1.82) is 0 Å². The van der Waals surface area contributed by atoms with Crippen LogP contribution in [0, 0.1) is 0 Å². The van der Waals surface area contributed by atoms with Crippen LogP contribution in [0.3, 0.4) is 0 Å². The van der Waals surface area contributed by atoms with Crippen LogP contribution in [0.2, 0.25) is 0 Å². The van der Waals surface area contributed by atoms with Crippen molar-refractivity contribution in [1.82, 2.24) is 5.32 Å². The summed E-state index contributed by atoms with van der Waals surface area (Å²) >= 11 is 3.94. The zero-order valence-electron chi connectivity index (χ0n) is 6.96. The molecule has 0 aromatic rings. The Morgan fingerprint density at radius 2 is 2.36 bits per heavy atom. The maximum absolute atomic E-state index is 10.8. The SMILES string of the molecule is COC(C)CNC(=O)CCS. The Morgan fingerprint density at radius 3 is 2.82 bits per heavy atom. The number of carbonyl (C=O) groups is 1. The molecule has 0 aromatic carbocycles. The minimum absolute atomic E-state index is 0.0314. The van der Waals surface area contributed by atoms with Crippen LogP contribution in [0.25, 0.3) is 0 Å². The van der Waals surface area contributed by atoms with Crippen LogP contribution in [0.15, 0.2) is 0 Å². The first-order valence-electron chi connectivity index (χ1n) is 3.61. The number of nitrogens with one attached hydrogen (secondary N) is 1. The Kier molecular flexibility index (Phi) is 6.36.